The number of halogens is 4. The van der Waals surface area contributed by atoms with Crippen LogP contribution >= 0.6 is 23.4 Å². The molecule has 45 heavy (non-hydrogen) atoms. The highest BCUT2D eigenvalue weighted by Gasteiger charge is 2.30. The molecule has 0 unspecified atom stereocenters. The number of nitrogens with one attached hydrogen (secondary N) is 3. The van der Waals surface area contributed by atoms with E-state index in [1.807, 2.05) is 0 Å². The van der Waals surface area contributed by atoms with Crippen molar-refractivity contribution in [2.75, 3.05) is 10.7 Å². The van der Waals surface area contributed by atoms with E-state index in [-0.39, 0.29) is 44.2 Å². The predicted molar refractivity (Wildman–Crippen MR) is 163 cm³/mol. The Kier molecular flexibility index (Phi) is 10.4. The maximum atomic E-state index is 13.1. The van der Waals surface area contributed by atoms with E-state index >= 15 is 0 Å². The van der Waals surface area contributed by atoms with Crippen LogP contribution in [0.15, 0.2) is 91.9 Å². The summed E-state index contributed by atoms with van der Waals surface area (Å²) in [5.74, 6) is -0.666. The average Bonchev–Trinajstić information content (AvgIpc) is 2.97. The summed E-state index contributed by atoms with van der Waals surface area (Å²) >= 11 is 6.98. The molecule has 0 saturated heterocycles. The number of anilines is 2. The second kappa shape index (κ2) is 13.9. The van der Waals surface area contributed by atoms with E-state index in [9.17, 15) is 30.0 Å². The smallest absolute Gasteiger partial charge is 0.368 e. The highest BCUT2D eigenvalue weighted by molar-refractivity contribution is 7.99. The van der Waals surface area contributed by atoms with Crippen molar-refractivity contribution in [2.45, 2.75) is 33.2 Å². The van der Waals surface area contributed by atoms with E-state index in [2.05, 4.69) is 35.5 Å². The normalized spacial score (nSPS) is 12.5. The summed E-state index contributed by atoms with van der Waals surface area (Å²) in [7, 11) is -8.21. The molecule has 4 aromatic rings. The summed E-state index contributed by atoms with van der Waals surface area (Å²) < 4.78 is 91.7. The summed E-state index contributed by atoms with van der Waals surface area (Å²) in [6.45, 7) is 0.172. The molecule has 3 aromatic carbocycles. The zero-order valence-electron chi connectivity index (χ0n) is 22.7. The number of aromatic nitrogens is 3. The second-order valence-electron chi connectivity index (χ2n) is 8.93. The first kappa shape index (κ1) is 33.7. The van der Waals surface area contributed by atoms with Crippen molar-refractivity contribution >= 4 is 61.3 Å². The van der Waals surface area contributed by atoms with E-state index in [1.54, 1.807) is 6.07 Å². The van der Waals surface area contributed by atoms with Gasteiger partial charge < -0.3 is 11.1 Å². The summed E-state index contributed by atoms with van der Waals surface area (Å²) in [6, 6.07) is 16.3. The van der Waals surface area contributed by atoms with E-state index in [4.69, 9.17) is 22.5 Å². The lowest BCUT2D eigenvalue weighted by Gasteiger charge is -2.11. The minimum atomic E-state index is -4.51. The molecule has 13 nitrogen and oxygen atoms in total. The summed E-state index contributed by atoms with van der Waals surface area (Å²) in [6.07, 6.45) is -4.51. The Morgan fingerprint density at radius 1 is 0.911 bits per heavy atom. The highest BCUT2D eigenvalue weighted by atomic mass is 35.5. The lowest BCUT2D eigenvalue weighted by Crippen LogP contribution is -2.37. The van der Waals surface area contributed by atoms with Gasteiger partial charge in [-0.2, -0.15) is 36.5 Å². The van der Waals surface area contributed by atoms with Crippen molar-refractivity contribution in [3.63, 3.8) is 0 Å². The maximum Gasteiger partial charge on any atom is 0.416 e. The molecule has 0 saturated carbocycles. The van der Waals surface area contributed by atoms with Crippen LogP contribution < -0.4 is 27.0 Å². The summed E-state index contributed by atoms with van der Waals surface area (Å²) in [5, 5.41) is 7.75. The van der Waals surface area contributed by atoms with Gasteiger partial charge in [-0.3, -0.25) is 10.9 Å². The number of nitrogens with zero attached hydrogens (tertiary/aromatic N) is 4. The third-order valence-corrected chi connectivity index (χ3v) is 9.33. The molecule has 4 rings (SSSR count). The Balaban J connectivity index is 1.41. The topological polar surface area (TPSA) is 207 Å². The van der Waals surface area contributed by atoms with Crippen molar-refractivity contribution in [2.24, 2.45) is 15.3 Å². The summed E-state index contributed by atoms with van der Waals surface area (Å²) in [5.41, 5.74) is 10.8. The molecule has 0 aliphatic carbocycles. The predicted octanol–water partition coefficient (Wildman–Crippen LogP) is 3.72. The quantitative estimate of drug-likeness (QED) is 0.0656. The molecule has 1 aromatic heterocycles. The molecule has 20 heteroatoms. The van der Waals surface area contributed by atoms with Gasteiger partial charge in [0.25, 0.3) is 10.0 Å². The van der Waals surface area contributed by atoms with Crippen LogP contribution in [-0.4, -0.2) is 37.7 Å². The van der Waals surface area contributed by atoms with Crippen LogP contribution in [0.5, 0.6) is 0 Å². The van der Waals surface area contributed by atoms with E-state index < -0.39 is 37.7 Å². The van der Waals surface area contributed by atoms with E-state index in [1.165, 1.54) is 54.6 Å². The molecule has 238 valence electrons. The fraction of sp³-hybridized carbons (Fsp3) is 0.120. The van der Waals surface area contributed by atoms with Crippen molar-refractivity contribution in [1.29, 1.82) is 0 Å². The van der Waals surface area contributed by atoms with Crippen LogP contribution in [0.25, 0.3) is 0 Å². The monoisotopic (exact) mass is 701 g/mol. The Morgan fingerprint density at radius 2 is 1.60 bits per heavy atom. The minimum Gasteiger partial charge on any atom is -0.368 e. The Morgan fingerprint density at radius 3 is 2.29 bits per heavy atom. The number of hydrazine groups is 1. The molecule has 0 bridgehead atoms. The van der Waals surface area contributed by atoms with Gasteiger partial charge in [0.2, 0.25) is 33.2 Å². The van der Waals surface area contributed by atoms with Crippen LogP contribution in [0.3, 0.4) is 0 Å². The number of alkyl halides is 3. The zero-order chi connectivity index (χ0) is 32.8. The molecule has 7 N–H and O–H groups in total. The molecule has 0 spiro atoms. The molecule has 0 atom stereocenters. The number of sulfonamides is 2. The van der Waals surface area contributed by atoms with Gasteiger partial charge in [-0.25, -0.2) is 13.6 Å². The van der Waals surface area contributed by atoms with Gasteiger partial charge in [0.1, 0.15) is 4.90 Å². The molecular formula is C25H23ClF3N9O4S3. The highest BCUT2D eigenvalue weighted by Crippen LogP contribution is 2.33. The van der Waals surface area contributed by atoms with E-state index in [0.717, 1.165) is 23.9 Å². The molecular weight excluding hydrogens is 679 g/mol. The molecule has 0 aliphatic heterocycles. The number of primary sulfonamides is 1. The molecule has 1 heterocycles. The summed E-state index contributed by atoms with van der Waals surface area (Å²) in [4.78, 5) is 11.9. The van der Waals surface area contributed by atoms with Crippen LogP contribution in [0.2, 0.25) is 5.28 Å². The van der Waals surface area contributed by atoms with Gasteiger partial charge in [-0.1, -0.05) is 42.5 Å². The number of benzene rings is 3. The van der Waals surface area contributed by atoms with Crippen molar-refractivity contribution < 1.29 is 30.0 Å². The van der Waals surface area contributed by atoms with Crippen LogP contribution in [0.4, 0.5) is 25.1 Å². The zero-order valence-corrected chi connectivity index (χ0v) is 25.9. The SMILES string of the molecule is N/C(=N\S(=O)(=O)c1ccccc1SCc1cccc(C(F)(F)F)c1)NNc1nc(Cl)nc(NCc2ccc(S(N)(=O)=O)cc2)n1. The standard InChI is InChI=1S/C25H23ClF3N9O4S3/c26-21-33-23(32-13-15-8-10-18(11-9-15)44(31,39)40)35-24(34-21)37-36-22(30)38-45(41,42)20-7-2-1-6-19(20)43-14-16-4-3-5-17(12-16)25(27,28)29/h1-12H,13-14H2,(H3,30,36,38)(H2,31,39,40)(H2,32,33,34,35,37). The van der Waals surface area contributed by atoms with Crippen LogP contribution in [-0.2, 0) is 38.5 Å². The fourth-order valence-electron chi connectivity index (χ4n) is 3.57. The number of rotatable bonds is 11. The molecule has 0 radical (unpaired) electrons. The molecule has 0 amide bonds. The first-order valence-corrected chi connectivity index (χ1v) is 16.7. The first-order valence-electron chi connectivity index (χ1n) is 12.4. The molecule has 0 aliphatic rings. The van der Waals surface area contributed by atoms with Crippen LogP contribution in [0, 0.1) is 0 Å². The van der Waals surface area contributed by atoms with Crippen molar-refractivity contribution in [3.8, 4) is 0 Å². The number of hydrogen-bond acceptors (Lipinski definition) is 10. The van der Waals surface area contributed by atoms with Gasteiger partial charge >= 0.3 is 6.18 Å². The Hall–Kier alpha value is -4.17. The largest absolute Gasteiger partial charge is 0.416 e. The maximum absolute atomic E-state index is 13.1. The fourth-order valence-corrected chi connectivity index (χ4v) is 6.60. The third-order valence-electron chi connectivity index (χ3n) is 5.61. The number of guanidine groups is 1. The van der Waals surface area contributed by atoms with Crippen LogP contribution in [0.1, 0.15) is 16.7 Å². The van der Waals surface area contributed by atoms with Gasteiger partial charge in [0, 0.05) is 17.2 Å². The second-order valence-corrected chi connectivity index (χ2v) is 13.4. The Bertz CT molecular complexity index is 1930. The van der Waals surface area contributed by atoms with Crippen molar-refractivity contribution in [1.82, 2.24) is 20.4 Å². The number of hydrogen-bond donors (Lipinski definition) is 5. The van der Waals surface area contributed by atoms with Gasteiger partial charge in [0.15, 0.2) is 0 Å². The first-order chi connectivity index (χ1) is 21.1. The number of nitrogens with two attached hydrogens (primary N) is 2. The average molecular weight is 702 g/mol. The number of thioether (sulfide) groups is 1. The van der Waals surface area contributed by atoms with Gasteiger partial charge in [-0.15, -0.1) is 16.2 Å². The lowest BCUT2D eigenvalue weighted by molar-refractivity contribution is -0.137. The lowest BCUT2D eigenvalue weighted by atomic mass is 10.1. The van der Waals surface area contributed by atoms with Crippen molar-refractivity contribution in [3.05, 3.63) is 94.8 Å². The Labute approximate surface area is 264 Å². The molecule has 0 fully saturated rings. The third kappa shape index (κ3) is 9.66. The van der Waals surface area contributed by atoms with Gasteiger partial charge in [-0.05, 0) is 53.1 Å². The minimum absolute atomic E-state index is 0.0182. The van der Waals surface area contributed by atoms with Gasteiger partial charge in [0.05, 0.1) is 10.5 Å². The van der Waals surface area contributed by atoms with E-state index in [0.29, 0.717) is 11.1 Å².